The molecule has 0 saturated heterocycles. The summed E-state index contributed by atoms with van der Waals surface area (Å²) in [5.74, 6) is 0. The minimum absolute atomic E-state index is 0. The Kier molecular flexibility index (Phi) is 10.1. The molecule has 0 spiro atoms. The highest BCUT2D eigenvalue weighted by molar-refractivity contribution is 6.42. The van der Waals surface area contributed by atoms with Crippen LogP contribution in [-0.4, -0.2) is 43.2 Å². The van der Waals surface area contributed by atoms with Gasteiger partial charge < -0.3 is 10.2 Å². The van der Waals surface area contributed by atoms with Crippen LogP contribution in [0.3, 0.4) is 0 Å². The lowest BCUT2D eigenvalue weighted by Gasteiger charge is -2.51. The lowest BCUT2D eigenvalue weighted by Crippen LogP contribution is -2.53. The van der Waals surface area contributed by atoms with Crippen LogP contribution >= 0.6 is 35.6 Å². The molecular weight excluding hydrogens is 357 g/mol. The van der Waals surface area contributed by atoms with Gasteiger partial charge in [0.25, 0.3) is 0 Å². The van der Waals surface area contributed by atoms with Crippen molar-refractivity contribution in [3.05, 3.63) is 33.8 Å². The van der Waals surface area contributed by atoms with Gasteiger partial charge in [-0.1, -0.05) is 42.6 Å². The third-order valence-electron chi connectivity index (χ3n) is 5.08. The molecule has 1 atom stereocenters. The number of ether oxygens (including phenoxy) is 1. The van der Waals surface area contributed by atoms with Crippen molar-refractivity contribution >= 4 is 35.6 Å². The van der Waals surface area contributed by atoms with E-state index in [-0.39, 0.29) is 23.3 Å². The maximum atomic E-state index is 6.24. The summed E-state index contributed by atoms with van der Waals surface area (Å²) in [4.78, 5) is 2.51. The molecule has 1 saturated carbocycles. The molecule has 0 aromatic heterocycles. The van der Waals surface area contributed by atoms with E-state index in [1.54, 1.807) is 7.11 Å². The Bertz CT molecular complexity index is 481. The molecule has 0 amide bonds. The van der Waals surface area contributed by atoms with Crippen molar-refractivity contribution in [2.75, 3.05) is 26.8 Å². The van der Waals surface area contributed by atoms with Gasteiger partial charge in [0, 0.05) is 25.1 Å². The van der Waals surface area contributed by atoms with E-state index in [9.17, 15) is 0 Å². The third kappa shape index (κ3) is 4.75. The van der Waals surface area contributed by atoms with E-state index in [1.165, 1.54) is 24.8 Å². The first-order valence-corrected chi connectivity index (χ1v) is 8.49. The number of benzene rings is 1. The summed E-state index contributed by atoms with van der Waals surface area (Å²) in [7, 11) is 1.76. The summed E-state index contributed by atoms with van der Waals surface area (Å²) in [6.07, 6.45) is 3.72. The number of nitrogens with zero attached hydrogens (tertiary/aromatic N) is 1. The van der Waals surface area contributed by atoms with Crippen LogP contribution in [0.25, 0.3) is 0 Å². The normalized spacial score (nSPS) is 17.0. The minimum atomic E-state index is 0. The molecule has 2 rings (SSSR count). The lowest BCUT2D eigenvalue weighted by molar-refractivity contribution is 0.0549. The van der Waals surface area contributed by atoms with E-state index in [0.29, 0.717) is 16.1 Å². The monoisotopic (exact) mass is 383 g/mol. The van der Waals surface area contributed by atoms with E-state index >= 15 is 0 Å². The summed E-state index contributed by atoms with van der Waals surface area (Å²) < 4.78 is 5.25. The Morgan fingerprint density at radius 3 is 2.35 bits per heavy atom. The van der Waals surface area contributed by atoms with Crippen LogP contribution in [0.2, 0.25) is 10.0 Å². The molecule has 3 nitrogen and oxygen atoms in total. The van der Waals surface area contributed by atoms with Crippen LogP contribution in [0.1, 0.15) is 38.7 Å². The van der Waals surface area contributed by atoms with Gasteiger partial charge in [-0.25, -0.2) is 0 Å². The quantitative estimate of drug-likeness (QED) is 0.700. The summed E-state index contributed by atoms with van der Waals surface area (Å²) in [6, 6.07) is 6.61. The van der Waals surface area contributed by atoms with Crippen LogP contribution in [0.15, 0.2) is 18.2 Å². The number of hydrogen-bond acceptors (Lipinski definition) is 2. The zero-order valence-electron chi connectivity index (χ0n) is 14.1. The largest absolute Gasteiger partial charge is 0.412 e. The van der Waals surface area contributed by atoms with Crippen LogP contribution in [-0.2, 0) is 10.2 Å². The molecule has 0 heterocycles. The molecule has 1 fully saturated rings. The van der Waals surface area contributed by atoms with E-state index in [1.807, 2.05) is 6.07 Å². The lowest BCUT2D eigenvalue weighted by atomic mass is 9.60. The number of rotatable bonds is 7. The predicted octanol–water partition coefficient (Wildman–Crippen LogP) is 4.37. The summed E-state index contributed by atoms with van der Waals surface area (Å²) >= 11 is 12.3. The Morgan fingerprint density at radius 2 is 1.91 bits per heavy atom. The standard InChI is InChI=1S/C17H25Cl2NO.ClH.H2O/c1-4-20(10-11-21-3)13(2)17(8-5-9-17)14-6-7-15(18)16(19)12-14;;/h6-7,12-13H,4-5,8-11H2,1-3H3;1H;1H2. The van der Waals surface area contributed by atoms with E-state index in [2.05, 4.69) is 30.9 Å². The van der Waals surface area contributed by atoms with Gasteiger partial charge in [-0.05, 0) is 44.0 Å². The first-order chi connectivity index (χ1) is 10.0. The highest BCUT2D eigenvalue weighted by Crippen LogP contribution is 2.49. The summed E-state index contributed by atoms with van der Waals surface area (Å²) in [5.41, 5.74) is 1.53. The average molecular weight is 385 g/mol. The molecule has 1 unspecified atom stereocenters. The maximum absolute atomic E-state index is 6.24. The number of methoxy groups -OCH3 is 1. The molecule has 1 aliphatic carbocycles. The van der Waals surface area contributed by atoms with Crippen LogP contribution in [0.4, 0.5) is 0 Å². The first-order valence-electron chi connectivity index (χ1n) is 7.73. The van der Waals surface area contributed by atoms with Gasteiger partial charge in [0.05, 0.1) is 16.7 Å². The van der Waals surface area contributed by atoms with Crippen LogP contribution in [0.5, 0.6) is 0 Å². The Morgan fingerprint density at radius 1 is 1.26 bits per heavy atom. The maximum Gasteiger partial charge on any atom is 0.0595 e. The molecular formula is C17H28Cl3NO2. The Balaban J connectivity index is 0.00000242. The van der Waals surface area contributed by atoms with Gasteiger partial charge in [-0.15, -0.1) is 12.4 Å². The Hall–Kier alpha value is -0.0300. The molecule has 1 aromatic carbocycles. The third-order valence-corrected chi connectivity index (χ3v) is 5.82. The minimum Gasteiger partial charge on any atom is -0.412 e. The van der Waals surface area contributed by atoms with Crippen molar-refractivity contribution in [3.8, 4) is 0 Å². The van der Waals surface area contributed by atoms with Gasteiger partial charge in [0.2, 0.25) is 0 Å². The fourth-order valence-electron chi connectivity index (χ4n) is 3.49. The smallest absolute Gasteiger partial charge is 0.0595 e. The molecule has 0 radical (unpaired) electrons. The van der Waals surface area contributed by atoms with Crippen molar-refractivity contribution in [2.24, 2.45) is 0 Å². The molecule has 2 N–H and O–H groups in total. The van der Waals surface area contributed by atoms with Crippen molar-refractivity contribution in [1.82, 2.24) is 4.90 Å². The molecule has 23 heavy (non-hydrogen) atoms. The van der Waals surface area contributed by atoms with Crippen LogP contribution in [0, 0.1) is 0 Å². The zero-order chi connectivity index (χ0) is 15.5. The second-order valence-corrected chi connectivity index (χ2v) is 6.75. The SMILES string of the molecule is CCN(CCOC)C(C)C1(c2ccc(Cl)c(Cl)c2)CCC1.Cl.O. The van der Waals surface area contributed by atoms with E-state index < -0.39 is 0 Å². The summed E-state index contributed by atoms with van der Waals surface area (Å²) in [6.45, 7) is 7.33. The van der Waals surface area contributed by atoms with Crippen molar-refractivity contribution in [2.45, 2.75) is 44.6 Å². The van der Waals surface area contributed by atoms with Crippen molar-refractivity contribution in [1.29, 1.82) is 0 Å². The van der Waals surface area contributed by atoms with Gasteiger partial charge in [-0.2, -0.15) is 0 Å². The molecule has 134 valence electrons. The zero-order valence-corrected chi connectivity index (χ0v) is 16.4. The topological polar surface area (TPSA) is 44.0 Å². The van der Waals surface area contributed by atoms with E-state index in [0.717, 1.165) is 19.7 Å². The van der Waals surface area contributed by atoms with E-state index in [4.69, 9.17) is 27.9 Å². The molecule has 0 bridgehead atoms. The van der Waals surface area contributed by atoms with Gasteiger partial charge in [-0.3, -0.25) is 4.90 Å². The second kappa shape index (κ2) is 10.1. The van der Waals surface area contributed by atoms with Crippen molar-refractivity contribution in [3.63, 3.8) is 0 Å². The average Bonchev–Trinajstić information content (AvgIpc) is 2.42. The highest BCUT2D eigenvalue weighted by atomic mass is 35.5. The first kappa shape index (κ1) is 23.0. The predicted molar refractivity (Wildman–Crippen MR) is 101 cm³/mol. The molecule has 1 aliphatic rings. The second-order valence-electron chi connectivity index (χ2n) is 5.94. The molecule has 1 aromatic rings. The molecule has 6 heteroatoms. The highest BCUT2D eigenvalue weighted by Gasteiger charge is 2.45. The fourth-order valence-corrected chi connectivity index (χ4v) is 3.79. The Labute approximate surface area is 156 Å². The van der Waals surface area contributed by atoms with Gasteiger partial charge in [0.1, 0.15) is 0 Å². The number of likely N-dealkylation sites (N-methyl/N-ethyl adjacent to an activating group) is 1. The summed E-state index contributed by atoms with van der Waals surface area (Å²) in [5, 5.41) is 1.29. The number of hydrogen-bond donors (Lipinski definition) is 0. The fraction of sp³-hybridized carbons (Fsp3) is 0.647. The number of halogens is 3. The van der Waals surface area contributed by atoms with Gasteiger partial charge in [0.15, 0.2) is 0 Å². The van der Waals surface area contributed by atoms with Crippen molar-refractivity contribution < 1.29 is 10.2 Å². The molecule has 0 aliphatic heterocycles. The van der Waals surface area contributed by atoms with Crippen LogP contribution < -0.4 is 0 Å². The van der Waals surface area contributed by atoms with Gasteiger partial charge >= 0.3 is 0 Å².